The fourth-order valence-electron chi connectivity index (χ4n) is 3.72. The van der Waals surface area contributed by atoms with Crippen LogP contribution in [0.5, 0.6) is 0 Å². The van der Waals surface area contributed by atoms with E-state index in [1.165, 1.54) is 4.90 Å². The molecule has 32 heavy (non-hydrogen) atoms. The fourth-order valence-corrected chi connectivity index (χ4v) is 3.72. The first-order valence-electron chi connectivity index (χ1n) is 10.9. The lowest BCUT2D eigenvalue weighted by Crippen LogP contribution is -2.57. The molecule has 3 atom stereocenters. The average Bonchev–Trinajstić information content (AvgIpc) is 3.17. The Morgan fingerprint density at radius 3 is 2.47 bits per heavy atom. The standard InChI is InChI=1S/C24H31N5O3/c1-14(2)20(28-22(30)16(4)25-5)24(32)29-19(13-17-10-8-12-26-21(17)29)23(31)27-18-11-7-6-9-15(18)3/h6-12,14,16,19-20,25H,13H2,1-5H3,(H,27,31)(H,28,30)/t16-,19-,20-/m0/s1. The van der Waals surface area contributed by atoms with Gasteiger partial charge < -0.3 is 16.0 Å². The second-order valence-corrected chi connectivity index (χ2v) is 8.46. The van der Waals surface area contributed by atoms with Gasteiger partial charge in [-0.25, -0.2) is 4.98 Å². The van der Waals surface area contributed by atoms with Gasteiger partial charge in [-0.15, -0.1) is 0 Å². The number of pyridine rings is 1. The number of nitrogens with one attached hydrogen (secondary N) is 3. The highest BCUT2D eigenvalue weighted by Gasteiger charge is 2.43. The van der Waals surface area contributed by atoms with Gasteiger partial charge in [-0.1, -0.05) is 38.1 Å². The molecule has 0 aliphatic carbocycles. The maximum Gasteiger partial charge on any atom is 0.251 e. The topological polar surface area (TPSA) is 103 Å². The van der Waals surface area contributed by atoms with Crippen molar-refractivity contribution in [3.8, 4) is 0 Å². The monoisotopic (exact) mass is 437 g/mol. The number of rotatable bonds is 7. The van der Waals surface area contributed by atoms with Gasteiger partial charge in [-0.05, 0) is 50.1 Å². The van der Waals surface area contributed by atoms with Crippen molar-refractivity contribution in [3.63, 3.8) is 0 Å². The molecule has 3 rings (SSSR count). The summed E-state index contributed by atoms with van der Waals surface area (Å²) in [5.41, 5.74) is 2.45. The summed E-state index contributed by atoms with van der Waals surface area (Å²) in [6.45, 7) is 7.37. The largest absolute Gasteiger partial charge is 0.343 e. The number of anilines is 2. The number of aryl methyl sites for hydroxylation is 1. The van der Waals surface area contributed by atoms with Crippen LogP contribution in [-0.4, -0.2) is 47.9 Å². The van der Waals surface area contributed by atoms with Gasteiger partial charge in [0.05, 0.1) is 6.04 Å². The van der Waals surface area contributed by atoms with E-state index in [-0.39, 0.29) is 23.6 Å². The summed E-state index contributed by atoms with van der Waals surface area (Å²) < 4.78 is 0. The summed E-state index contributed by atoms with van der Waals surface area (Å²) in [6, 6.07) is 9.16. The quantitative estimate of drug-likeness (QED) is 0.615. The summed E-state index contributed by atoms with van der Waals surface area (Å²) >= 11 is 0. The van der Waals surface area contributed by atoms with E-state index in [9.17, 15) is 14.4 Å². The molecule has 3 N–H and O–H groups in total. The van der Waals surface area contributed by atoms with E-state index in [1.54, 1.807) is 26.2 Å². The second kappa shape index (κ2) is 9.91. The molecule has 170 valence electrons. The molecule has 0 saturated heterocycles. The molecular formula is C24H31N5O3. The van der Waals surface area contributed by atoms with Crippen LogP contribution in [0.4, 0.5) is 11.5 Å². The number of hydrogen-bond donors (Lipinski definition) is 3. The van der Waals surface area contributed by atoms with Crippen molar-refractivity contribution < 1.29 is 14.4 Å². The zero-order valence-electron chi connectivity index (χ0n) is 19.2. The third-order valence-corrected chi connectivity index (χ3v) is 5.82. The predicted molar refractivity (Wildman–Crippen MR) is 124 cm³/mol. The molecule has 1 aromatic heterocycles. The lowest BCUT2D eigenvalue weighted by Gasteiger charge is -2.31. The van der Waals surface area contributed by atoms with Crippen LogP contribution in [0.15, 0.2) is 42.6 Å². The van der Waals surface area contributed by atoms with Crippen LogP contribution in [0.25, 0.3) is 0 Å². The molecule has 1 aliphatic heterocycles. The van der Waals surface area contributed by atoms with Gasteiger partial charge >= 0.3 is 0 Å². The minimum atomic E-state index is -0.792. The number of aromatic nitrogens is 1. The summed E-state index contributed by atoms with van der Waals surface area (Å²) in [4.78, 5) is 45.3. The number of hydrogen-bond acceptors (Lipinski definition) is 5. The van der Waals surface area contributed by atoms with Gasteiger partial charge in [0.15, 0.2) is 0 Å². The molecule has 0 bridgehead atoms. The zero-order chi connectivity index (χ0) is 23.4. The number of para-hydroxylation sites is 1. The molecule has 8 heteroatoms. The Morgan fingerprint density at radius 2 is 1.81 bits per heavy atom. The van der Waals surface area contributed by atoms with Crippen LogP contribution in [-0.2, 0) is 20.8 Å². The fraction of sp³-hybridized carbons (Fsp3) is 0.417. The molecule has 2 aromatic rings. The first-order chi connectivity index (χ1) is 15.2. The van der Waals surface area contributed by atoms with Crippen molar-refractivity contribution in [1.29, 1.82) is 0 Å². The Bertz CT molecular complexity index is 1010. The van der Waals surface area contributed by atoms with E-state index in [0.29, 0.717) is 17.9 Å². The third-order valence-electron chi connectivity index (χ3n) is 5.82. The van der Waals surface area contributed by atoms with Gasteiger partial charge in [0.25, 0.3) is 5.91 Å². The molecule has 3 amide bonds. The number of carbonyl (C=O) groups excluding carboxylic acids is 3. The van der Waals surface area contributed by atoms with Crippen molar-refractivity contribution in [1.82, 2.24) is 15.6 Å². The van der Waals surface area contributed by atoms with Crippen molar-refractivity contribution in [2.45, 2.75) is 52.2 Å². The molecule has 2 heterocycles. The molecule has 0 saturated carbocycles. The molecule has 1 aliphatic rings. The van der Waals surface area contributed by atoms with Crippen molar-refractivity contribution >= 4 is 29.2 Å². The molecule has 0 unspecified atom stereocenters. The molecule has 0 fully saturated rings. The van der Waals surface area contributed by atoms with E-state index in [4.69, 9.17) is 0 Å². The Kier molecular flexibility index (Phi) is 7.25. The van der Waals surface area contributed by atoms with E-state index >= 15 is 0 Å². The molecule has 8 nitrogen and oxygen atoms in total. The van der Waals surface area contributed by atoms with Gasteiger partial charge in [0.1, 0.15) is 17.9 Å². The molecular weight excluding hydrogens is 406 g/mol. The molecule has 1 aromatic carbocycles. The third kappa shape index (κ3) is 4.80. The molecule has 0 radical (unpaired) electrons. The van der Waals surface area contributed by atoms with Gasteiger partial charge in [-0.2, -0.15) is 0 Å². The van der Waals surface area contributed by atoms with Gasteiger partial charge in [0, 0.05) is 18.3 Å². The smallest absolute Gasteiger partial charge is 0.251 e. The van der Waals surface area contributed by atoms with E-state index in [1.807, 2.05) is 51.1 Å². The van der Waals surface area contributed by atoms with Crippen molar-refractivity contribution in [2.24, 2.45) is 5.92 Å². The van der Waals surface area contributed by atoms with Gasteiger partial charge in [0.2, 0.25) is 11.8 Å². The number of nitrogens with zero attached hydrogens (tertiary/aromatic N) is 2. The van der Waals surface area contributed by atoms with Crippen LogP contribution >= 0.6 is 0 Å². The Labute approximate surface area is 188 Å². The highest BCUT2D eigenvalue weighted by molar-refractivity contribution is 6.09. The predicted octanol–water partition coefficient (Wildman–Crippen LogP) is 2.04. The van der Waals surface area contributed by atoms with Crippen LogP contribution < -0.4 is 20.9 Å². The minimum Gasteiger partial charge on any atom is -0.343 e. The Hall–Kier alpha value is -3.26. The number of likely N-dealkylation sites (N-methyl/N-ethyl adjacent to an activating group) is 1. The van der Waals surface area contributed by atoms with Crippen molar-refractivity contribution in [2.75, 3.05) is 17.3 Å². The van der Waals surface area contributed by atoms with E-state index in [0.717, 1.165) is 11.1 Å². The van der Waals surface area contributed by atoms with Crippen LogP contribution in [0.1, 0.15) is 31.9 Å². The summed E-state index contributed by atoms with van der Waals surface area (Å²) in [6.07, 6.45) is 1.96. The van der Waals surface area contributed by atoms with E-state index in [2.05, 4.69) is 20.9 Å². The lowest BCUT2D eigenvalue weighted by atomic mass is 10.0. The van der Waals surface area contributed by atoms with Gasteiger partial charge in [-0.3, -0.25) is 19.3 Å². The minimum absolute atomic E-state index is 0.177. The highest BCUT2D eigenvalue weighted by atomic mass is 16.2. The highest BCUT2D eigenvalue weighted by Crippen LogP contribution is 2.32. The van der Waals surface area contributed by atoms with Crippen LogP contribution in [0, 0.1) is 12.8 Å². The number of benzene rings is 1. The Morgan fingerprint density at radius 1 is 1.09 bits per heavy atom. The van der Waals surface area contributed by atoms with E-state index < -0.39 is 18.1 Å². The second-order valence-electron chi connectivity index (χ2n) is 8.46. The number of amides is 3. The summed E-state index contributed by atoms with van der Waals surface area (Å²) in [5.74, 6) is -0.629. The SMILES string of the molecule is CN[C@@H](C)C(=O)N[C@H](C(=O)N1c2ncccc2C[C@H]1C(=O)Nc1ccccc1C)C(C)C. The van der Waals surface area contributed by atoms with Crippen LogP contribution in [0.3, 0.4) is 0 Å². The average molecular weight is 438 g/mol. The zero-order valence-corrected chi connectivity index (χ0v) is 19.2. The number of fused-ring (bicyclic) bond motifs is 1. The Balaban J connectivity index is 1.91. The normalized spacial score (nSPS) is 16.9. The first-order valence-corrected chi connectivity index (χ1v) is 10.9. The van der Waals surface area contributed by atoms with Crippen molar-refractivity contribution in [3.05, 3.63) is 53.7 Å². The molecule has 0 spiro atoms. The summed E-state index contributed by atoms with van der Waals surface area (Å²) in [5, 5.41) is 8.67. The number of carbonyl (C=O) groups is 3. The maximum atomic E-state index is 13.7. The lowest BCUT2D eigenvalue weighted by molar-refractivity contribution is -0.130. The first kappa shape index (κ1) is 23.4. The maximum absolute atomic E-state index is 13.7. The summed E-state index contributed by atoms with van der Waals surface area (Å²) in [7, 11) is 1.68. The van der Waals surface area contributed by atoms with Crippen LogP contribution in [0.2, 0.25) is 0 Å².